The van der Waals surface area contributed by atoms with Gasteiger partial charge in [0, 0.05) is 11.3 Å². The number of hydrogen-bond donors (Lipinski definition) is 2. The summed E-state index contributed by atoms with van der Waals surface area (Å²) in [6, 6.07) is 9.92. The number of amides is 1. The van der Waals surface area contributed by atoms with E-state index in [1.807, 2.05) is 0 Å². The maximum atomic E-state index is 11.8. The Labute approximate surface area is 114 Å². The number of carbonyl (C=O) groups is 1. The van der Waals surface area contributed by atoms with Crippen LogP contribution < -0.4 is 11.1 Å². The molecule has 0 radical (unpaired) electrons. The van der Waals surface area contributed by atoms with Gasteiger partial charge in [-0.3, -0.25) is 4.79 Å². The van der Waals surface area contributed by atoms with Crippen LogP contribution in [0.2, 0.25) is 5.22 Å². The molecule has 1 aromatic carbocycles. The topological polar surface area (TPSA) is 68.3 Å². The molecule has 0 saturated carbocycles. The lowest BCUT2D eigenvalue weighted by Gasteiger charge is -2.05. The Balaban J connectivity index is 2.16. The molecule has 0 aliphatic heterocycles. The van der Waals surface area contributed by atoms with Crippen molar-refractivity contribution in [3.8, 4) is 0 Å². The molecule has 0 saturated heterocycles. The summed E-state index contributed by atoms with van der Waals surface area (Å²) in [6.45, 7) is 0. The molecule has 4 nitrogen and oxygen atoms in total. The maximum Gasteiger partial charge on any atom is 0.291 e. The highest BCUT2D eigenvalue weighted by Crippen LogP contribution is 2.16. The van der Waals surface area contributed by atoms with Crippen LogP contribution in [0.5, 0.6) is 0 Å². The molecular formula is C12H9ClN2O2S. The molecule has 0 bridgehead atoms. The van der Waals surface area contributed by atoms with E-state index in [-0.39, 0.29) is 21.9 Å². The zero-order valence-corrected chi connectivity index (χ0v) is 10.7. The van der Waals surface area contributed by atoms with Gasteiger partial charge in [0.2, 0.25) is 0 Å². The van der Waals surface area contributed by atoms with Crippen LogP contribution >= 0.6 is 23.8 Å². The van der Waals surface area contributed by atoms with Gasteiger partial charge in [-0.25, -0.2) is 0 Å². The summed E-state index contributed by atoms with van der Waals surface area (Å²) in [4.78, 5) is 12.1. The number of thiocarbonyl (C=S) groups is 1. The van der Waals surface area contributed by atoms with Crippen molar-refractivity contribution in [3.05, 3.63) is 52.9 Å². The zero-order valence-electron chi connectivity index (χ0n) is 9.14. The first-order valence-corrected chi connectivity index (χ1v) is 5.81. The first-order chi connectivity index (χ1) is 8.56. The molecule has 3 N–H and O–H groups in total. The normalized spacial score (nSPS) is 10.1. The smallest absolute Gasteiger partial charge is 0.291 e. The number of nitrogens with two attached hydrogens (primary N) is 1. The number of rotatable bonds is 3. The summed E-state index contributed by atoms with van der Waals surface area (Å²) in [7, 11) is 0. The van der Waals surface area contributed by atoms with Gasteiger partial charge in [0.25, 0.3) is 5.91 Å². The van der Waals surface area contributed by atoms with Crippen LogP contribution in [0.1, 0.15) is 16.1 Å². The number of benzene rings is 1. The van der Waals surface area contributed by atoms with Gasteiger partial charge in [0.1, 0.15) is 4.99 Å². The Kier molecular flexibility index (Phi) is 3.64. The van der Waals surface area contributed by atoms with E-state index in [1.54, 1.807) is 24.3 Å². The van der Waals surface area contributed by atoms with Crippen molar-refractivity contribution in [2.75, 3.05) is 5.32 Å². The lowest BCUT2D eigenvalue weighted by molar-refractivity contribution is 0.0997. The van der Waals surface area contributed by atoms with Crippen molar-refractivity contribution in [1.82, 2.24) is 0 Å². The summed E-state index contributed by atoms with van der Waals surface area (Å²) in [5.41, 5.74) is 6.77. The molecule has 92 valence electrons. The molecule has 0 spiro atoms. The monoisotopic (exact) mass is 280 g/mol. The van der Waals surface area contributed by atoms with Gasteiger partial charge in [-0.2, -0.15) is 0 Å². The fourth-order valence-electron chi connectivity index (χ4n) is 1.38. The summed E-state index contributed by atoms with van der Waals surface area (Å²) < 4.78 is 5.00. The van der Waals surface area contributed by atoms with Gasteiger partial charge >= 0.3 is 0 Å². The summed E-state index contributed by atoms with van der Waals surface area (Å²) in [5, 5.41) is 2.82. The Morgan fingerprint density at radius 1 is 1.33 bits per heavy atom. The molecule has 18 heavy (non-hydrogen) atoms. The molecule has 2 aromatic rings. The molecular weight excluding hydrogens is 272 g/mol. The maximum absolute atomic E-state index is 11.8. The molecule has 1 amide bonds. The molecule has 2 rings (SSSR count). The van der Waals surface area contributed by atoms with E-state index < -0.39 is 0 Å². The largest absolute Gasteiger partial charge is 0.440 e. The third-order valence-corrected chi connectivity index (χ3v) is 2.64. The van der Waals surface area contributed by atoms with Crippen LogP contribution in [0, 0.1) is 0 Å². The lowest BCUT2D eigenvalue weighted by Crippen LogP contribution is -2.13. The van der Waals surface area contributed by atoms with Crippen LogP contribution in [0.15, 0.2) is 40.8 Å². The van der Waals surface area contributed by atoms with E-state index in [1.165, 1.54) is 12.1 Å². The van der Waals surface area contributed by atoms with Crippen LogP contribution in [-0.4, -0.2) is 10.9 Å². The van der Waals surface area contributed by atoms with Gasteiger partial charge < -0.3 is 15.5 Å². The molecule has 6 heteroatoms. The highest BCUT2D eigenvalue weighted by Gasteiger charge is 2.11. The number of carbonyl (C=O) groups excluding carboxylic acids is 1. The first-order valence-electron chi connectivity index (χ1n) is 5.03. The number of furan rings is 1. The fourth-order valence-corrected chi connectivity index (χ4v) is 1.65. The fraction of sp³-hybridized carbons (Fsp3) is 0. The Morgan fingerprint density at radius 2 is 2.11 bits per heavy atom. The summed E-state index contributed by atoms with van der Waals surface area (Å²) in [5.74, 6) is -0.247. The second kappa shape index (κ2) is 5.20. The predicted octanol–water partition coefficient (Wildman–Crippen LogP) is 2.82. The molecule has 1 heterocycles. The van der Waals surface area contributed by atoms with Crippen molar-refractivity contribution < 1.29 is 9.21 Å². The van der Waals surface area contributed by atoms with E-state index >= 15 is 0 Å². The Bertz CT molecular complexity index is 610. The number of halogens is 1. The van der Waals surface area contributed by atoms with Crippen molar-refractivity contribution in [3.63, 3.8) is 0 Å². The highest BCUT2D eigenvalue weighted by atomic mass is 35.5. The standard InChI is InChI=1S/C12H9ClN2O2S/c13-10-5-4-9(17-10)12(16)15-8-3-1-2-7(6-8)11(14)18/h1-6H,(H2,14,18)(H,15,16). The quantitative estimate of drug-likeness (QED) is 0.849. The van der Waals surface area contributed by atoms with Crippen molar-refractivity contribution >= 4 is 40.4 Å². The third-order valence-electron chi connectivity index (χ3n) is 2.20. The Morgan fingerprint density at radius 3 is 2.72 bits per heavy atom. The van der Waals surface area contributed by atoms with Crippen LogP contribution in [0.4, 0.5) is 5.69 Å². The zero-order chi connectivity index (χ0) is 13.1. The molecule has 1 aromatic heterocycles. The molecule has 0 aliphatic rings. The minimum absolute atomic E-state index is 0.140. The third kappa shape index (κ3) is 2.88. The average molecular weight is 281 g/mol. The number of nitrogens with one attached hydrogen (secondary N) is 1. The van der Waals surface area contributed by atoms with E-state index in [2.05, 4.69) is 5.32 Å². The second-order valence-electron chi connectivity index (χ2n) is 3.50. The van der Waals surface area contributed by atoms with Gasteiger partial charge in [-0.1, -0.05) is 24.4 Å². The first kappa shape index (κ1) is 12.6. The summed E-state index contributed by atoms with van der Waals surface area (Å²) in [6.07, 6.45) is 0. The van der Waals surface area contributed by atoms with Crippen LogP contribution in [-0.2, 0) is 0 Å². The number of hydrogen-bond acceptors (Lipinski definition) is 3. The van der Waals surface area contributed by atoms with Crippen molar-refractivity contribution in [1.29, 1.82) is 0 Å². The van der Waals surface area contributed by atoms with Crippen LogP contribution in [0.3, 0.4) is 0 Å². The van der Waals surface area contributed by atoms with Gasteiger partial charge in [-0.05, 0) is 35.9 Å². The minimum atomic E-state index is -0.387. The highest BCUT2D eigenvalue weighted by molar-refractivity contribution is 7.80. The van der Waals surface area contributed by atoms with E-state index in [0.717, 1.165) is 0 Å². The van der Waals surface area contributed by atoms with Gasteiger partial charge in [-0.15, -0.1) is 0 Å². The minimum Gasteiger partial charge on any atom is -0.440 e. The van der Waals surface area contributed by atoms with Crippen LogP contribution in [0.25, 0.3) is 0 Å². The Hall–Kier alpha value is -1.85. The van der Waals surface area contributed by atoms with Crippen molar-refractivity contribution in [2.24, 2.45) is 5.73 Å². The number of anilines is 1. The SMILES string of the molecule is NC(=S)c1cccc(NC(=O)c2ccc(Cl)o2)c1. The molecule has 0 atom stereocenters. The average Bonchev–Trinajstić information content (AvgIpc) is 2.76. The summed E-state index contributed by atoms with van der Waals surface area (Å²) >= 11 is 10.5. The van der Waals surface area contributed by atoms with Crippen molar-refractivity contribution in [2.45, 2.75) is 0 Å². The molecule has 0 fully saturated rings. The van der Waals surface area contributed by atoms with E-state index in [4.69, 9.17) is 34.0 Å². The van der Waals surface area contributed by atoms with E-state index in [0.29, 0.717) is 11.3 Å². The predicted molar refractivity (Wildman–Crippen MR) is 74.0 cm³/mol. The van der Waals surface area contributed by atoms with Gasteiger partial charge in [0.05, 0.1) is 0 Å². The lowest BCUT2D eigenvalue weighted by atomic mass is 10.2. The van der Waals surface area contributed by atoms with Gasteiger partial charge in [0.15, 0.2) is 11.0 Å². The second-order valence-corrected chi connectivity index (χ2v) is 4.32. The molecule has 0 aliphatic carbocycles. The van der Waals surface area contributed by atoms with E-state index in [9.17, 15) is 4.79 Å². The molecule has 0 unspecified atom stereocenters.